The number of piperazine rings is 1. The van der Waals surface area contributed by atoms with Crippen LogP contribution in [0, 0.1) is 5.82 Å². The van der Waals surface area contributed by atoms with E-state index in [4.69, 9.17) is 0 Å². The number of nitrogens with zero attached hydrogens (tertiary/aromatic N) is 2. The topological polar surface area (TPSA) is 18.5 Å². The first kappa shape index (κ1) is 14.0. The summed E-state index contributed by atoms with van der Waals surface area (Å²) in [6.45, 7) is 5.80. The van der Waals surface area contributed by atoms with Gasteiger partial charge in [0.15, 0.2) is 0 Å². The summed E-state index contributed by atoms with van der Waals surface area (Å²) < 4.78 is 14.0. The zero-order valence-corrected chi connectivity index (χ0v) is 12.2. The standard InChI is InChI=1S/C16H24FN3/c1-19-6-8-20(9-7-19)12-14-10-13(2-5-16(14)17)11-18-15-3-4-15/h2,5,10,15,18H,3-4,6-9,11-12H2,1H3. The summed E-state index contributed by atoms with van der Waals surface area (Å²) >= 11 is 0. The van der Waals surface area contributed by atoms with Crippen molar-refractivity contribution in [3.63, 3.8) is 0 Å². The van der Waals surface area contributed by atoms with Gasteiger partial charge in [-0.2, -0.15) is 0 Å². The molecule has 3 nitrogen and oxygen atoms in total. The molecule has 1 aromatic rings. The van der Waals surface area contributed by atoms with E-state index in [1.165, 1.54) is 18.4 Å². The molecule has 1 N–H and O–H groups in total. The first-order valence-corrected chi connectivity index (χ1v) is 7.62. The van der Waals surface area contributed by atoms with E-state index in [9.17, 15) is 4.39 Å². The smallest absolute Gasteiger partial charge is 0.127 e. The second-order valence-electron chi connectivity index (χ2n) is 6.16. The van der Waals surface area contributed by atoms with E-state index in [-0.39, 0.29) is 5.82 Å². The Hall–Kier alpha value is -0.970. The Bertz CT molecular complexity index is 451. The zero-order chi connectivity index (χ0) is 13.9. The fourth-order valence-corrected chi connectivity index (χ4v) is 2.66. The SMILES string of the molecule is CN1CCN(Cc2cc(CNC3CC3)ccc2F)CC1. The van der Waals surface area contributed by atoms with Crippen molar-refractivity contribution in [3.8, 4) is 0 Å². The molecule has 1 heterocycles. The third-order valence-electron chi connectivity index (χ3n) is 4.27. The second-order valence-corrected chi connectivity index (χ2v) is 6.16. The predicted molar refractivity (Wildman–Crippen MR) is 79.0 cm³/mol. The molecule has 0 aromatic heterocycles. The van der Waals surface area contributed by atoms with Crippen molar-refractivity contribution in [1.82, 2.24) is 15.1 Å². The summed E-state index contributed by atoms with van der Waals surface area (Å²) in [7, 11) is 2.14. The van der Waals surface area contributed by atoms with E-state index < -0.39 is 0 Å². The maximum Gasteiger partial charge on any atom is 0.127 e. The minimum Gasteiger partial charge on any atom is -0.310 e. The van der Waals surface area contributed by atoms with Crippen LogP contribution in [0.4, 0.5) is 4.39 Å². The highest BCUT2D eigenvalue weighted by atomic mass is 19.1. The van der Waals surface area contributed by atoms with Crippen LogP contribution in [0.5, 0.6) is 0 Å². The normalized spacial score (nSPS) is 21.3. The van der Waals surface area contributed by atoms with E-state index in [2.05, 4.69) is 22.2 Å². The zero-order valence-electron chi connectivity index (χ0n) is 12.2. The van der Waals surface area contributed by atoms with Crippen molar-refractivity contribution in [3.05, 3.63) is 35.1 Å². The predicted octanol–water partition coefficient (Wildman–Crippen LogP) is 1.83. The lowest BCUT2D eigenvalue weighted by Gasteiger charge is -2.32. The summed E-state index contributed by atoms with van der Waals surface area (Å²) in [5.41, 5.74) is 2.03. The summed E-state index contributed by atoms with van der Waals surface area (Å²) in [4.78, 5) is 4.67. The molecule has 1 aliphatic carbocycles. The Kier molecular flexibility index (Phi) is 4.34. The largest absolute Gasteiger partial charge is 0.310 e. The number of benzene rings is 1. The molecule has 0 spiro atoms. The first-order valence-electron chi connectivity index (χ1n) is 7.62. The van der Waals surface area contributed by atoms with Crippen LogP contribution in [-0.4, -0.2) is 49.1 Å². The maximum atomic E-state index is 14.0. The van der Waals surface area contributed by atoms with Crippen molar-refractivity contribution in [2.45, 2.75) is 32.0 Å². The Morgan fingerprint density at radius 2 is 1.95 bits per heavy atom. The maximum absolute atomic E-state index is 14.0. The molecule has 3 rings (SSSR count). The third kappa shape index (κ3) is 3.78. The molecule has 2 fully saturated rings. The van der Waals surface area contributed by atoms with Crippen molar-refractivity contribution in [2.24, 2.45) is 0 Å². The highest BCUT2D eigenvalue weighted by molar-refractivity contribution is 5.25. The Labute approximate surface area is 120 Å². The summed E-state index contributed by atoms with van der Waals surface area (Å²) in [6.07, 6.45) is 2.57. The minimum atomic E-state index is -0.0703. The molecular formula is C16H24FN3. The quantitative estimate of drug-likeness (QED) is 0.886. The Morgan fingerprint density at radius 3 is 2.65 bits per heavy atom. The summed E-state index contributed by atoms with van der Waals surface area (Å²) in [6, 6.07) is 6.25. The lowest BCUT2D eigenvalue weighted by molar-refractivity contribution is 0.147. The molecule has 1 saturated carbocycles. The van der Waals surface area contributed by atoms with E-state index in [0.29, 0.717) is 6.04 Å². The van der Waals surface area contributed by atoms with Crippen LogP contribution < -0.4 is 5.32 Å². The van der Waals surface area contributed by atoms with E-state index >= 15 is 0 Å². The number of hydrogen-bond acceptors (Lipinski definition) is 3. The van der Waals surface area contributed by atoms with Gasteiger partial charge in [0.25, 0.3) is 0 Å². The molecule has 2 aliphatic rings. The van der Waals surface area contributed by atoms with Gasteiger partial charge in [-0.05, 0) is 31.5 Å². The van der Waals surface area contributed by atoms with Gasteiger partial charge in [-0.15, -0.1) is 0 Å². The van der Waals surface area contributed by atoms with Gasteiger partial charge < -0.3 is 10.2 Å². The van der Waals surface area contributed by atoms with Gasteiger partial charge in [-0.25, -0.2) is 4.39 Å². The lowest BCUT2D eigenvalue weighted by atomic mass is 10.1. The molecule has 0 amide bonds. The average molecular weight is 277 g/mol. The van der Waals surface area contributed by atoms with Crippen LogP contribution in [0.25, 0.3) is 0 Å². The molecule has 0 atom stereocenters. The van der Waals surface area contributed by atoms with Crippen molar-refractivity contribution < 1.29 is 4.39 Å². The monoisotopic (exact) mass is 277 g/mol. The molecule has 1 aliphatic heterocycles. The molecule has 0 radical (unpaired) electrons. The van der Waals surface area contributed by atoms with Crippen LogP contribution in [-0.2, 0) is 13.1 Å². The lowest BCUT2D eigenvalue weighted by Crippen LogP contribution is -2.44. The number of hydrogen-bond donors (Lipinski definition) is 1. The molecule has 4 heteroatoms. The summed E-state index contributed by atoms with van der Waals surface area (Å²) in [5, 5.41) is 3.49. The highest BCUT2D eigenvalue weighted by Crippen LogP contribution is 2.20. The number of likely N-dealkylation sites (N-methyl/N-ethyl adjacent to an activating group) is 1. The Morgan fingerprint density at radius 1 is 1.20 bits per heavy atom. The van der Waals surface area contributed by atoms with Crippen LogP contribution >= 0.6 is 0 Å². The molecule has 110 valence electrons. The first-order chi connectivity index (χ1) is 9.70. The highest BCUT2D eigenvalue weighted by Gasteiger charge is 2.20. The second kappa shape index (κ2) is 6.20. The summed E-state index contributed by atoms with van der Waals surface area (Å²) in [5.74, 6) is -0.0703. The van der Waals surface area contributed by atoms with Crippen molar-refractivity contribution in [1.29, 1.82) is 0 Å². The molecule has 1 aromatic carbocycles. The number of nitrogens with one attached hydrogen (secondary N) is 1. The van der Waals surface area contributed by atoms with Crippen LogP contribution in [0.3, 0.4) is 0 Å². The molecule has 0 unspecified atom stereocenters. The molecule has 0 bridgehead atoms. The van der Waals surface area contributed by atoms with Crippen LogP contribution in [0.2, 0.25) is 0 Å². The van der Waals surface area contributed by atoms with Gasteiger partial charge in [0.05, 0.1) is 0 Å². The molecule has 20 heavy (non-hydrogen) atoms. The minimum absolute atomic E-state index is 0.0703. The molecular weight excluding hydrogens is 253 g/mol. The van der Waals surface area contributed by atoms with Crippen LogP contribution in [0.1, 0.15) is 24.0 Å². The van der Waals surface area contributed by atoms with Gasteiger partial charge in [-0.3, -0.25) is 4.90 Å². The van der Waals surface area contributed by atoms with E-state index in [1.807, 2.05) is 12.1 Å². The number of rotatable bonds is 5. The third-order valence-corrected chi connectivity index (χ3v) is 4.27. The van der Waals surface area contributed by atoms with Gasteiger partial charge in [0, 0.05) is 50.9 Å². The van der Waals surface area contributed by atoms with Crippen molar-refractivity contribution >= 4 is 0 Å². The molecule has 1 saturated heterocycles. The van der Waals surface area contributed by atoms with Gasteiger partial charge in [0.1, 0.15) is 5.82 Å². The van der Waals surface area contributed by atoms with Gasteiger partial charge >= 0.3 is 0 Å². The Balaban J connectivity index is 1.60. The van der Waals surface area contributed by atoms with Crippen LogP contribution in [0.15, 0.2) is 18.2 Å². The van der Waals surface area contributed by atoms with Gasteiger partial charge in [-0.1, -0.05) is 12.1 Å². The van der Waals surface area contributed by atoms with E-state index in [0.717, 1.165) is 44.8 Å². The number of halogens is 1. The van der Waals surface area contributed by atoms with Gasteiger partial charge in [0.2, 0.25) is 0 Å². The fraction of sp³-hybridized carbons (Fsp3) is 0.625. The average Bonchev–Trinajstić information content (AvgIpc) is 3.26. The van der Waals surface area contributed by atoms with Crippen molar-refractivity contribution in [2.75, 3.05) is 33.2 Å². The fourth-order valence-electron chi connectivity index (χ4n) is 2.66. The van der Waals surface area contributed by atoms with E-state index in [1.54, 1.807) is 6.07 Å².